The minimum absolute atomic E-state index is 0. The summed E-state index contributed by atoms with van der Waals surface area (Å²) in [6, 6.07) is 0. The molecule has 0 aromatic carbocycles. The third-order valence-corrected chi connectivity index (χ3v) is 0. The fraction of sp³-hybridized carbons (Fsp3) is 0. The van der Waals surface area contributed by atoms with Gasteiger partial charge in [0.15, 0.2) is 0 Å². The average Bonchev–Trinajstić information content (AvgIpc) is 0. The molecule has 0 saturated carbocycles. The molecule has 0 radical (unpaired) electrons. The van der Waals surface area contributed by atoms with Gasteiger partial charge in [-0.2, -0.15) is 0 Å². The second kappa shape index (κ2) is 25.9. The van der Waals surface area contributed by atoms with Crippen LogP contribution < -0.4 is 37.2 Å². The first-order chi connectivity index (χ1) is 0. The first-order valence-electron chi connectivity index (χ1n) is 0. The van der Waals surface area contributed by atoms with E-state index in [4.69, 9.17) is 0 Å². The second-order valence-corrected chi connectivity index (χ2v) is 0. The van der Waals surface area contributed by atoms with Crippen LogP contribution in [0, 0.1) is 0 Å². The number of rotatable bonds is 0. The van der Waals surface area contributed by atoms with Crippen molar-refractivity contribution in [1.82, 2.24) is 0 Å². The molecule has 0 rings (SSSR count). The van der Waals surface area contributed by atoms with E-state index in [0.717, 1.165) is 0 Å². The van der Waals surface area contributed by atoms with Gasteiger partial charge in [0.1, 0.15) is 0 Å². The Hall–Kier alpha value is 1.40. The van der Waals surface area contributed by atoms with Crippen molar-refractivity contribution in [2.24, 2.45) is 0 Å². The van der Waals surface area contributed by atoms with Gasteiger partial charge in [0, 0.05) is 17.4 Å². The summed E-state index contributed by atoms with van der Waals surface area (Å²) in [6.07, 6.45) is 0. The molecule has 0 aliphatic carbocycles. The standard InChI is InChI=1S/3ClH.Cr/h3*1H;/p-3. The molecule has 0 saturated heterocycles. The topological polar surface area (TPSA) is 0 Å². The second-order valence-electron chi connectivity index (χ2n) is 0. The van der Waals surface area contributed by atoms with Crippen LogP contribution in [0.15, 0.2) is 0 Å². The Morgan fingerprint density at radius 1 is 0.500 bits per heavy atom. The molecule has 0 spiro atoms. The zero-order chi connectivity index (χ0) is 0. The Morgan fingerprint density at radius 2 is 0.500 bits per heavy atom. The molecule has 0 amide bonds. The SMILES string of the molecule is [Cl-].[Cl-].[Cl-].[Cr]. The monoisotopic (exact) mass is 157 g/mol. The fourth-order valence-electron chi connectivity index (χ4n) is 0. The quantitative estimate of drug-likeness (QED) is 0.328. The summed E-state index contributed by atoms with van der Waals surface area (Å²) in [5, 5.41) is 0. The van der Waals surface area contributed by atoms with Gasteiger partial charge in [0.05, 0.1) is 0 Å². The normalized spacial score (nSPS) is 0. The molecule has 0 N–H and O–H groups in total. The Balaban J connectivity index is 0. The van der Waals surface area contributed by atoms with Crippen LogP contribution in [0.5, 0.6) is 0 Å². The maximum atomic E-state index is 0. The predicted octanol–water partition coefficient (Wildman–Crippen LogP) is -8.99. The van der Waals surface area contributed by atoms with Crippen molar-refractivity contribution in [3.63, 3.8) is 0 Å². The first kappa shape index (κ1) is 53.2. The van der Waals surface area contributed by atoms with E-state index in [2.05, 4.69) is 0 Å². The van der Waals surface area contributed by atoms with Crippen molar-refractivity contribution in [3.8, 4) is 0 Å². The smallest absolute Gasteiger partial charge is 0 e. The van der Waals surface area contributed by atoms with Crippen molar-refractivity contribution >= 4 is 0 Å². The zero-order valence-electron chi connectivity index (χ0n) is 1.54. The molecular weight excluding hydrogens is 158 g/mol. The van der Waals surface area contributed by atoms with Crippen LogP contribution in [-0.2, 0) is 17.4 Å². The van der Waals surface area contributed by atoms with Crippen molar-refractivity contribution in [2.75, 3.05) is 0 Å². The molecule has 0 aliphatic rings. The van der Waals surface area contributed by atoms with Gasteiger partial charge in [-0.25, -0.2) is 0 Å². The van der Waals surface area contributed by atoms with Gasteiger partial charge in [-0.3, -0.25) is 0 Å². The summed E-state index contributed by atoms with van der Waals surface area (Å²) in [5.41, 5.74) is 0. The van der Waals surface area contributed by atoms with E-state index >= 15 is 0 Å². The maximum absolute atomic E-state index is 0. The first-order valence-corrected chi connectivity index (χ1v) is 0. The molecule has 0 nitrogen and oxygen atoms in total. The molecule has 0 fully saturated rings. The summed E-state index contributed by atoms with van der Waals surface area (Å²) in [4.78, 5) is 0. The predicted molar refractivity (Wildman–Crippen MR) is 0 cm³/mol. The van der Waals surface area contributed by atoms with Gasteiger partial charge < -0.3 is 37.2 Å². The number of hydrogen-bond acceptors (Lipinski definition) is 0. The van der Waals surface area contributed by atoms with Crippen molar-refractivity contribution in [2.45, 2.75) is 0 Å². The Bertz CT molecular complexity index is 3.25. The molecule has 0 unspecified atom stereocenters. The van der Waals surface area contributed by atoms with E-state index in [9.17, 15) is 0 Å². The molecule has 4 heavy (non-hydrogen) atoms. The molecule has 0 aliphatic heterocycles. The third kappa shape index (κ3) is 9.98. The van der Waals surface area contributed by atoms with Crippen LogP contribution in [0.4, 0.5) is 0 Å². The molecule has 4 heteroatoms. The molecule has 0 atom stereocenters. The number of hydrogen-bond donors (Lipinski definition) is 0. The van der Waals surface area contributed by atoms with E-state index in [-0.39, 0.29) is 54.6 Å². The molecule has 30 valence electrons. The van der Waals surface area contributed by atoms with Crippen LogP contribution in [0.3, 0.4) is 0 Å². The molecule has 0 aromatic heterocycles. The van der Waals surface area contributed by atoms with E-state index in [0.29, 0.717) is 0 Å². The van der Waals surface area contributed by atoms with Crippen molar-refractivity contribution in [1.29, 1.82) is 0 Å². The summed E-state index contributed by atoms with van der Waals surface area (Å²) in [6.45, 7) is 0. The van der Waals surface area contributed by atoms with Gasteiger partial charge in [-0.15, -0.1) is 0 Å². The Morgan fingerprint density at radius 3 is 0.500 bits per heavy atom. The molecule has 0 heterocycles. The minimum Gasteiger partial charge on any atom is -1.00 e. The van der Waals surface area contributed by atoms with Gasteiger partial charge in [-0.05, 0) is 0 Å². The summed E-state index contributed by atoms with van der Waals surface area (Å²) in [5.74, 6) is 0. The summed E-state index contributed by atoms with van der Waals surface area (Å²) in [7, 11) is 0. The third-order valence-electron chi connectivity index (χ3n) is 0. The van der Waals surface area contributed by atoms with Gasteiger partial charge in [0.2, 0.25) is 0 Å². The molecular formula is Cl3Cr-3. The van der Waals surface area contributed by atoms with Gasteiger partial charge in [-0.1, -0.05) is 0 Å². The number of halogens is 3. The van der Waals surface area contributed by atoms with Crippen LogP contribution in [0.25, 0.3) is 0 Å². The van der Waals surface area contributed by atoms with E-state index in [1.807, 2.05) is 0 Å². The fourth-order valence-corrected chi connectivity index (χ4v) is 0. The summed E-state index contributed by atoms with van der Waals surface area (Å²) < 4.78 is 0. The average molecular weight is 158 g/mol. The Kier molecular flexibility index (Phi) is 345. The van der Waals surface area contributed by atoms with Gasteiger partial charge >= 0.3 is 0 Å². The maximum Gasteiger partial charge on any atom is 0 e. The van der Waals surface area contributed by atoms with Crippen LogP contribution in [0.2, 0.25) is 0 Å². The largest absolute Gasteiger partial charge is 1.00 e. The van der Waals surface area contributed by atoms with Crippen LogP contribution in [0.1, 0.15) is 0 Å². The van der Waals surface area contributed by atoms with E-state index in [1.165, 1.54) is 0 Å². The van der Waals surface area contributed by atoms with E-state index in [1.54, 1.807) is 0 Å². The van der Waals surface area contributed by atoms with Gasteiger partial charge in [0.25, 0.3) is 0 Å². The van der Waals surface area contributed by atoms with Crippen molar-refractivity contribution in [3.05, 3.63) is 0 Å². The van der Waals surface area contributed by atoms with E-state index < -0.39 is 0 Å². The van der Waals surface area contributed by atoms with Crippen LogP contribution >= 0.6 is 0 Å². The zero-order valence-corrected chi connectivity index (χ0v) is 5.08. The van der Waals surface area contributed by atoms with Crippen LogP contribution in [-0.4, -0.2) is 0 Å². The molecule has 0 aromatic rings. The minimum atomic E-state index is 0. The summed E-state index contributed by atoms with van der Waals surface area (Å²) >= 11 is 0. The van der Waals surface area contributed by atoms with Crippen molar-refractivity contribution < 1.29 is 54.6 Å². The Labute approximate surface area is 54.7 Å². The molecule has 0 bridgehead atoms.